The van der Waals surface area contributed by atoms with E-state index < -0.39 is 0 Å². The highest BCUT2D eigenvalue weighted by atomic mass is 32.1. The molecule has 4 nitrogen and oxygen atoms in total. The molecule has 0 heterocycles. The number of carbonyl (C=O) groups excluding carboxylic acids is 1. The van der Waals surface area contributed by atoms with Gasteiger partial charge in [-0.15, -0.1) is 0 Å². The maximum absolute atomic E-state index is 12.5. The van der Waals surface area contributed by atoms with Gasteiger partial charge in [0.05, 0.1) is 0 Å². The van der Waals surface area contributed by atoms with Crippen molar-refractivity contribution in [3.63, 3.8) is 0 Å². The molecule has 0 atom stereocenters. The van der Waals surface area contributed by atoms with Crippen LogP contribution in [-0.2, 0) is 0 Å². The summed E-state index contributed by atoms with van der Waals surface area (Å²) < 4.78 is 5.89. The average Bonchev–Trinajstić information content (AvgIpc) is 2.64. The molecular formula is C24H32N2O2S. The first kappa shape index (κ1) is 22.9. The van der Waals surface area contributed by atoms with Crippen molar-refractivity contribution >= 4 is 29.0 Å². The van der Waals surface area contributed by atoms with Crippen molar-refractivity contribution in [3.8, 4) is 5.75 Å². The highest BCUT2D eigenvalue weighted by Gasteiger charge is 2.15. The Morgan fingerprint density at radius 1 is 0.966 bits per heavy atom. The van der Waals surface area contributed by atoms with Crippen LogP contribution in [0.15, 0.2) is 42.5 Å². The molecule has 2 aromatic carbocycles. The van der Waals surface area contributed by atoms with Crippen molar-refractivity contribution in [1.29, 1.82) is 0 Å². The second-order valence-corrected chi connectivity index (χ2v) is 8.69. The van der Waals surface area contributed by atoms with Crippen LogP contribution in [0.4, 0.5) is 5.69 Å². The van der Waals surface area contributed by atoms with Gasteiger partial charge in [-0.3, -0.25) is 4.79 Å². The van der Waals surface area contributed by atoms with Crippen molar-refractivity contribution in [2.24, 2.45) is 11.8 Å². The number of aryl methyl sites for hydroxylation is 2. The summed E-state index contributed by atoms with van der Waals surface area (Å²) in [6.45, 7) is 14.5. The Kier molecular flexibility index (Phi) is 8.21. The van der Waals surface area contributed by atoms with E-state index in [2.05, 4.69) is 37.9 Å². The Balaban J connectivity index is 2.01. The van der Waals surface area contributed by atoms with Gasteiger partial charge < -0.3 is 15.0 Å². The van der Waals surface area contributed by atoms with E-state index in [4.69, 9.17) is 17.0 Å². The Hall–Kier alpha value is -2.40. The minimum Gasteiger partial charge on any atom is -0.432 e. The van der Waals surface area contributed by atoms with Gasteiger partial charge in [0.2, 0.25) is 0 Å². The molecule has 5 heteroatoms. The molecule has 0 saturated heterocycles. The first-order chi connectivity index (χ1) is 13.7. The fourth-order valence-corrected chi connectivity index (χ4v) is 3.21. The third-order valence-corrected chi connectivity index (χ3v) is 4.86. The van der Waals surface area contributed by atoms with Crippen LogP contribution in [0.1, 0.15) is 49.2 Å². The molecule has 2 rings (SSSR count). The standard InChI is InChI=1S/C24H32N2O2S/c1-16(2)14-26(15-17(3)4)24(29)28-22-11-8-20(9-12-22)23(27)25-21-10-7-18(5)19(6)13-21/h7-13,16-17H,14-15H2,1-6H3,(H,25,27). The predicted molar refractivity (Wildman–Crippen MR) is 125 cm³/mol. The maximum atomic E-state index is 12.5. The summed E-state index contributed by atoms with van der Waals surface area (Å²) >= 11 is 5.51. The van der Waals surface area contributed by atoms with Crippen LogP contribution in [0.5, 0.6) is 5.75 Å². The fourth-order valence-electron chi connectivity index (χ4n) is 2.97. The van der Waals surface area contributed by atoms with E-state index in [9.17, 15) is 4.79 Å². The summed E-state index contributed by atoms with van der Waals surface area (Å²) in [6, 6.07) is 13.0. The third-order valence-electron chi connectivity index (χ3n) is 4.52. The van der Waals surface area contributed by atoms with Crippen LogP contribution in [0.2, 0.25) is 0 Å². The normalized spacial score (nSPS) is 10.9. The zero-order valence-corrected chi connectivity index (χ0v) is 19.1. The molecule has 0 bridgehead atoms. The average molecular weight is 413 g/mol. The number of anilines is 1. The highest BCUT2D eigenvalue weighted by Crippen LogP contribution is 2.18. The van der Waals surface area contributed by atoms with Crippen molar-refractivity contribution in [3.05, 3.63) is 59.2 Å². The van der Waals surface area contributed by atoms with Crippen LogP contribution < -0.4 is 10.1 Å². The number of hydrogen-bond donors (Lipinski definition) is 1. The van der Waals surface area contributed by atoms with E-state index in [-0.39, 0.29) is 5.91 Å². The highest BCUT2D eigenvalue weighted by molar-refractivity contribution is 7.80. The molecule has 0 unspecified atom stereocenters. The minimum atomic E-state index is -0.149. The Morgan fingerprint density at radius 3 is 2.07 bits per heavy atom. The first-order valence-electron chi connectivity index (χ1n) is 10.1. The molecule has 29 heavy (non-hydrogen) atoms. The lowest BCUT2D eigenvalue weighted by Crippen LogP contribution is -2.38. The quantitative estimate of drug-likeness (QED) is 0.581. The van der Waals surface area contributed by atoms with E-state index in [1.54, 1.807) is 24.3 Å². The molecule has 0 saturated carbocycles. The van der Waals surface area contributed by atoms with E-state index in [1.165, 1.54) is 5.56 Å². The van der Waals surface area contributed by atoms with Gasteiger partial charge in [-0.25, -0.2) is 0 Å². The molecular weight excluding hydrogens is 380 g/mol. The molecule has 156 valence electrons. The van der Waals surface area contributed by atoms with Crippen molar-refractivity contribution in [2.75, 3.05) is 18.4 Å². The second-order valence-electron chi connectivity index (χ2n) is 8.34. The fraction of sp³-hybridized carbons (Fsp3) is 0.417. The number of nitrogens with one attached hydrogen (secondary N) is 1. The summed E-state index contributed by atoms with van der Waals surface area (Å²) in [6.07, 6.45) is 0. The lowest BCUT2D eigenvalue weighted by molar-refractivity contribution is 0.102. The molecule has 0 radical (unpaired) electrons. The Morgan fingerprint density at radius 2 is 1.55 bits per heavy atom. The topological polar surface area (TPSA) is 41.6 Å². The van der Waals surface area contributed by atoms with Gasteiger partial charge in [0.15, 0.2) is 0 Å². The molecule has 1 N–H and O–H groups in total. The zero-order valence-electron chi connectivity index (χ0n) is 18.3. The number of amides is 1. The molecule has 2 aromatic rings. The zero-order chi connectivity index (χ0) is 21.6. The van der Waals surface area contributed by atoms with E-state index in [0.717, 1.165) is 24.3 Å². The maximum Gasteiger partial charge on any atom is 0.264 e. The largest absolute Gasteiger partial charge is 0.432 e. The first-order valence-corrected chi connectivity index (χ1v) is 10.5. The summed E-state index contributed by atoms with van der Waals surface area (Å²) in [5, 5.41) is 3.41. The molecule has 0 fully saturated rings. The number of rotatable bonds is 7. The summed E-state index contributed by atoms with van der Waals surface area (Å²) in [5.41, 5.74) is 3.71. The van der Waals surface area contributed by atoms with Gasteiger partial charge >= 0.3 is 0 Å². The lowest BCUT2D eigenvalue weighted by Gasteiger charge is -2.28. The van der Waals surface area contributed by atoms with Gasteiger partial charge in [-0.05, 0) is 85.4 Å². The number of nitrogens with zero attached hydrogens (tertiary/aromatic N) is 1. The molecule has 0 spiro atoms. The summed E-state index contributed by atoms with van der Waals surface area (Å²) in [5.74, 6) is 1.47. The van der Waals surface area contributed by atoms with Gasteiger partial charge in [-0.1, -0.05) is 33.8 Å². The van der Waals surface area contributed by atoms with Crippen LogP contribution in [-0.4, -0.2) is 29.1 Å². The summed E-state index contributed by atoms with van der Waals surface area (Å²) in [7, 11) is 0. The number of thiocarbonyl (C=S) groups is 1. The van der Waals surface area contributed by atoms with Crippen molar-refractivity contribution in [2.45, 2.75) is 41.5 Å². The smallest absolute Gasteiger partial charge is 0.264 e. The molecule has 0 aliphatic carbocycles. The Bertz CT molecular complexity index is 834. The van der Waals surface area contributed by atoms with E-state index in [1.807, 2.05) is 32.0 Å². The number of ether oxygens (including phenoxy) is 1. The summed E-state index contributed by atoms with van der Waals surface area (Å²) in [4.78, 5) is 14.6. The molecule has 1 amide bonds. The number of hydrogen-bond acceptors (Lipinski definition) is 3. The van der Waals surface area contributed by atoms with Gasteiger partial charge in [0.1, 0.15) is 5.75 Å². The number of carbonyl (C=O) groups is 1. The van der Waals surface area contributed by atoms with Crippen LogP contribution in [0, 0.1) is 25.7 Å². The molecule has 0 aliphatic rings. The van der Waals surface area contributed by atoms with Crippen molar-refractivity contribution in [1.82, 2.24) is 4.90 Å². The van der Waals surface area contributed by atoms with Gasteiger partial charge in [0, 0.05) is 24.3 Å². The number of benzene rings is 2. The second kappa shape index (κ2) is 10.4. The molecule has 0 aromatic heterocycles. The van der Waals surface area contributed by atoms with Crippen LogP contribution in [0.25, 0.3) is 0 Å². The van der Waals surface area contributed by atoms with E-state index in [0.29, 0.717) is 28.3 Å². The third kappa shape index (κ3) is 7.17. The minimum absolute atomic E-state index is 0.149. The SMILES string of the molecule is Cc1ccc(NC(=O)c2ccc(OC(=S)N(CC(C)C)CC(C)C)cc2)cc1C. The molecule has 0 aliphatic heterocycles. The van der Waals surface area contributed by atoms with E-state index >= 15 is 0 Å². The van der Waals surface area contributed by atoms with Crippen LogP contribution >= 0.6 is 12.2 Å². The van der Waals surface area contributed by atoms with Crippen LogP contribution in [0.3, 0.4) is 0 Å². The Labute approximate surface area is 180 Å². The van der Waals surface area contributed by atoms with Gasteiger partial charge in [-0.2, -0.15) is 0 Å². The predicted octanol–water partition coefficient (Wildman–Crippen LogP) is 5.83. The van der Waals surface area contributed by atoms with Gasteiger partial charge in [0.25, 0.3) is 11.1 Å². The lowest BCUT2D eigenvalue weighted by atomic mass is 10.1. The monoisotopic (exact) mass is 412 g/mol. The van der Waals surface area contributed by atoms with Crippen molar-refractivity contribution < 1.29 is 9.53 Å².